The highest BCUT2D eigenvalue weighted by Gasteiger charge is 2.41. The van der Waals surface area contributed by atoms with Crippen LogP contribution >= 0.6 is 0 Å². The van der Waals surface area contributed by atoms with E-state index in [0.717, 1.165) is 37.1 Å². The Balaban J connectivity index is 1.63. The van der Waals surface area contributed by atoms with E-state index in [4.69, 9.17) is 4.74 Å². The maximum Gasteiger partial charge on any atom is 0.337 e. The van der Waals surface area contributed by atoms with Crippen molar-refractivity contribution in [1.29, 1.82) is 0 Å². The van der Waals surface area contributed by atoms with Gasteiger partial charge in [-0.2, -0.15) is 0 Å². The van der Waals surface area contributed by atoms with Crippen molar-refractivity contribution in [2.75, 3.05) is 35.3 Å². The number of nitrogens with zero attached hydrogens (tertiary/aromatic N) is 2. The van der Waals surface area contributed by atoms with E-state index in [9.17, 15) is 14.4 Å². The molecule has 0 radical (unpaired) electrons. The third kappa shape index (κ3) is 3.63. The number of aryl methyl sites for hydroxylation is 1. The van der Waals surface area contributed by atoms with Gasteiger partial charge in [0, 0.05) is 12.2 Å². The highest BCUT2D eigenvalue weighted by atomic mass is 16.5. The molecule has 2 amide bonds. The van der Waals surface area contributed by atoms with Gasteiger partial charge in [-0.25, -0.2) is 4.79 Å². The fourth-order valence-electron chi connectivity index (χ4n) is 4.21. The molecule has 1 saturated heterocycles. The van der Waals surface area contributed by atoms with E-state index in [1.54, 1.807) is 12.1 Å². The lowest BCUT2D eigenvalue weighted by Crippen LogP contribution is -2.52. The number of nitrogens with one attached hydrogen (secondary N) is 1. The van der Waals surface area contributed by atoms with Gasteiger partial charge < -0.3 is 15.0 Å². The highest BCUT2D eigenvalue weighted by molar-refractivity contribution is 6.11. The number of anilines is 3. The third-order valence-corrected chi connectivity index (χ3v) is 5.72. The summed E-state index contributed by atoms with van der Waals surface area (Å²) in [4.78, 5) is 41.6. The van der Waals surface area contributed by atoms with E-state index in [0.29, 0.717) is 16.9 Å². The fourth-order valence-corrected chi connectivity index (χ4v) is 4.21. The van der Waals surface area contributed by atoms with Crippen molar-refractivity contribution in [2.45, 2.75) is 32.2 Å². The molecular formula is C23H25N3O4. The third-order valence-electron chi connectivity index (χ3n) is 5.72. The number of fused-ring (bicyclic) bond motifs is 3. The molecule has 1 N–H and O–H groups in total. The van der Waals surface area contributed by atoms with E-state index >= 15 is 0 Å². The molecule has 0 saturated carbocycles. The van der Waals surface area contributed by atoms with E-state index in [2.05, 4.69) is 17.1 Å². The zero-order chi connectivity index (χ0) is 21.3. The van der Waals surface area contributed by atoms with E-state index in [1.165, 1.54) is 12.0 Å². The number of hydrogen-bond acceptors (Lipinski definition) is 5. The zero-order valence-corrected chi connectivity index (χ0v) is 17.2. The number of ether oxygens (including phenoxy) is 1. The number of carbonyl (C=O) groups excluding carboxylic acids is 3. The molecule has 0 unspecified atom stereocenters. The predicted octanol–water partition coefficient (Wildman–Crippen LogP) is 2.99. The van der Waals surface area contributed by atoms with E-state index < -0.39 is 5.97 Å². The second-order valence-electron chi connectivity index (χ2n) is 7.57. The smallest absolute Gasteiger partial charge is 0.337 e. The van der Waals surface area contributed by atoms with Crippen LogP contribution in [-0.2, 0) is 20.7 Å². The molecule has 156 valence electrons. The van der Waals surface area contributed by atoms with Crippen molar-refractivity contribution in [1.82, 2.24) is 0 Å². The molecule has 1 fully saturated rings. The quantitative estimate of drug-likeness (QED) is 0.771. The van der Waals surface area contributed by atoms with Gasteiger partial charge in [0.05, 0.1) is 24.0 Å². The SMILES string of the molecule is CCc1cccc(NC(=O)CN2C(=O)[C@H]3CCCN3c3ccc(C(=O)OC)cc32)c1. The summed E-state index contributed by atoms with van der Waals surface area (Å²) in [6.45, 7) is 2.72. The topological polar surface area (TPSA) is 79.0 Å². The minimum atomic E-state index is -0.477. The Morgan fingerprint density at radius 3 is 2.77 bits per heavy atom. The number of methoxy groups -OCH3 is 1. The first kappa shape index (κ1) is 19.9. The molecule has 30 heavy (non-hydrogen) atoms. The molecular weight excluding hydrogens is 382 g/mol. The predicted molar refractivity (Wildman–Crippen MR) is 115 cm³/mol. The van der Waals surface area contributed by atoms with Gasteiger partial charge >= 0.3 is 5.97 Å². The molecule has 0 aromatic heterocycles. The van der Waals surface area contributed by atoms with Crippen molar-refractivity contribution in [2.24, 2.45) is 0 Å². The van der Waals surface area contributed by atoms with Crippen LogP contribution in [0.3, 0.4) is 0 Å². The Bertz CT molecular complexity index is 1000. The second kappa shape index (κ2) is 8.18. The first-order chi connectivity index (χ1) is 14.5. The first-order valence-corrected chi connectivity index (χ1v) is 10.2. The number of benzene rings is 2. The van der Waals surface area contributed by atoms with Gasteiger partial charge in [-0.05, 0) is 55.2 Å². The molecule has 2 heterocycles. The van der Waals surface area contributed by atoms with Crippen LogP contribution in [0.2, 0.25) is 0 Å². The van der Waals surface area contributed by atoms with Gasteiger partial charge in [0.25, 0.3) is 0 Å². The molecule has 7 nitrogen and oxygen atoms in total. The molecule has 0 aliphatic carbocycles. The molecule has 2 aliphatic rings. The van der Waals surface area contributed by atoms with Gasteiger partial charge in [0.1, 0.15) is 12.6 Å². The van der Waals surface area contributed by atoms with Crippen LogP contribution in [0.5, 0.6) is 0 Å². The maximum atomic E-state index is 13.2. The van der Waals surface area contributed by atoms with Crippen molar-refractivity contribution in [3.8, 4) is 0 Å². The number of hydrogen-bond donors (Lipinski definition) is 1. The van der Waals surface area contributed by atoms with E-state index in [1.807, 2.05) is 30.3 Å². The summed E-state index contributed by atoms with van der Waals surface area (Å²) in [6.07, 6.45) is 2.54. The first-order valence-electron chi connectivity index (χ1n) is 10.2. The standard InChI is InChI=1S/C23H25N3O4/c1-3-15-6-4-7-17(12-15)24-21(27)14-26-20-13-16(23(29)30-2)9-10-18(20)25-11-5-8-19(25)22(26)28/h4,6-7,9-10,12-13,19H,3,5,8,11,14H2,1-2H3,(H,24,27)/t19-/m1/s1. The summed E-state index contributed by atoms with van der Waals surface area (Å²) >= 11 is 0. The van der Waals surface area contributed by atoms with Crippen LogP contribution in [0, 0.1) is 0 Å². The summed E-state index contributed by atoms with van der Waals surface area (Å²) in [5.41, 5.74) is 3.61. The fraction of sp³-hybridized carbons (Fsp3) is 0.348. The number of amides is 2. The van der Waals surface area contributed by atoms with Crippen LogP contribution in [0.15, 0.2) is 42.5 Å². The number of rotatable bonds is 5. The lowest BCUT2D eigenvalue weighted by molar-refractivity contribution is -0.122. The lowest BCUT2D eigenvalue weighted by atomic mass is 10.0. The van der Waals surface area contributed by atoms with E-state index in [-0.39, 0.29) is 24.4 Å². The molecule has 2 aromatic rings. The van der Waals surface area contributed by atoms with Gasteiger partial charge in [0.15, 0.2) is 0 Å². The number of carbonyl (C=O) groups is 3. The van der Waals surface area contributed by atoms with Crippen molar-refractivity contribution < 1.29 is 19.1 Å². The summed E-state index contributed by atoms with van der Waals surface area (Å²) < 4.78 is 4.82. The monoisotopic (exact) mass is 407 g/mol. The number of esters is 1. The summed E-state index contributed by atoms with van der Waals surface area (Å²) in [7, 11) is 1.32. The van der Waals surface area contributed by atoms with Crippen LogP contribution in [-0.4, -0.2) is 44.0 Å². The van der Waals surface area contributed by atoms with Gasteiger partial charge in [0.2, 0.25) is 11.8 Å². The molecule has 4 rings (SSSR count). The largest absolute Gasteiger partial charge is 0.465 e. The van der Waals surface area contributed by atoms with Gasteiger partial charge in [-0.15, -0.1) is 0 Å². The molecule has 7 heteroatoms. The zero-order valence-electron chi connectivity index (χ0n) is 17.2. The van der Waals surface area contributed by atoms with Crippen LogP contribution in [0.1, 0.15) is 35.7 Å². The maximum absolute atomic E-state index is 13.2. The van der Waals surface area contributed by atoms with Crippen LogP contribution in [0.4, 0.5) is 17.1 Å². The minimum Gasteiger partial charge on any atom is -0.465 e. The van der Waals surface area contributed by atoms with Gasteiger partial charge in [-0.1, -0.05) is 19.1 Å². The molecule has 0 spiro atoms. The average Bonchev–Trinajstić information content (AvgIpc) is 3.26. The minimum absolute atomic E-state index is 0.112. The molecule has 1 atom stereocenters. The Labute approximate surface area is 175 Å². The van der Waals surface area contributed by atoms with Crippen LogP contribution in [0.25, 0.3) is 0 Å². The highest BCUT2D eigenvalue weighted by Crippen LogP contribution is 2.40. The second-order valence-corrected chi connectivity index (χ2v) is 7.57. The van der Waals surface area contributed by atoms with Crippen molar-refractivity contribution in [3.63, 3.8) is 0 Å². The average molecular weight is 407 g/mol. The molecule has 2 aliphatic heterocycles. The molecule has 0 bridgehead atoms. The summed E-state index contributed by atoms with van der Waals surface area (Å²) in [6, 6.07) is 12.6. The Hall–Kier alpha value is -3.35. The van der Waals surface area contributed by atoms with Crippen molar-refractivity contribution in [3.05, 3.63) is 53.6 Å². The van der Waals surface area contributed by atoms with Crippen LogP contribution < -0.4 is 15.1 Å². The Morgan fingerprint density at radius 2 is 2.00 bits per heavy atom. The van der Waals surface area contributed by atoms with Gasteiger partial charge in [-0.3, -0.25) is 14.5 Å². The Morgan fingerprint density at radius 1 is 1.17 bits per heavy atom. The Kier molecular flexibility index (Phi) is 5.44. The lowest BCUT2D eigenvalue weighted by Gasteiger charge is -2.39. The normalized spacial score (nSPS) is 17.4. The molecule has 2 aromatic carbocycles. The summed E-state index contributed by atoms with van der Waals surface area (Å²) in [5, 5.41) is 2.89. The van der Waals surface area contributed by atoms with Crippen molar-refractivity contribution >= 4 is 34.8 Å². The summed E-state index contributed by atoms with van der Waals surface area (Å²) in [5.74, 6) is -0.869.